The number of hydrogen-bond acceptors (Lipinski definition) is 6. The minimum Gasteiger partial charge on any atom is -0.348 e. The van der Waals surface area contributed by atoms with Crippen LogP contribution in [0.2, 0.25) is 0 Å². The molecule has 0 bridgehead atoms. The van der Waals surface area contributed by atoms with Gasteiger partial charge >= 0.3 is 0 Å². The molecule has 0 saturated carbocycles. The van der Waals surface area contributed by atoms with Gasteiger partial charge in [-0.05, 0) is 17.7 Å². The number of hydrogen-bond donors (Lipinski definition) is 1. The molecular formula is C16H18N6O2. The normalized spacial score (nSPS) is 14.3. The molecule has 124 valence electrons. The highest BCUT2D eigenvalue weighted by atomic mass is 16.1. The van der Waals surface area contributed by atoms with E-state index >= 15 is 0 Å². The third-order valence-corrected chi connectivity index (χ3v) is 3.85. The molecule has 1 aliphatic heterocycles. The second-order valence-corrected chi connectivity index (χ2v) is 5.44. The molecule has 1 fully saturated rings. The Morgan fingerprint density at radius 2 is 1.79 bits per heavy atom. The summed E-state index contributed by atoms with van der Waals surface area (Å²) in [4.78, 5) is 39.0. The van der Waals surface area contributed by atoms with Crippen molar-refractivity contribution in [2.45, 2.75) is 6.54 Å². The Bertz CT molecular complexity index is 683. The molecule has 2 aromatic heterocycles. The zero-order valence-corrected chi connectivity index (χ0v) is 13.1. The van der Waals surface area contributed by atoms with Gasteiger partial charge in [0.05, 0.1) is 5.56 Å². The van der Waals surface area contributed by atoms with Gasteiger partial charge in [-0.1, -0.05) is 0 Å². The van der Waals surface area contributed by atoms with Crippen molar-refractivity contribution in [3.8, 4) is 0 Å². The molecule has 0 radical (unpaired) electrons. The fourth-order valence-electron chi connectivity index (χ4n) is 2.41. The van der Waals surface area contributed by atoms with Crippen molar-refractivity contribution in [1.29, 1.82) is 0 Å². The van der Waals surface area contributed by atoms with Gasteiger partial charge in [0.25, 0.3) is 5.91 Å². The van der Waals surface area contributed by atoms with E-state index in [-0.39, 0.29) is 5.91 Å². The monoisotopic (exact) mass is 326 g/mol. The first-order chi connectivity index (χ1) is 11.8. The summed E-state index contributed by atoms with van der Waals surface area (Å²) in [6, 6.07) is 3.69. The smallest absolute Gasteiger partial charge is 0.254 e. The predicted molar refractivity (Wildman–Crippen MR) is 87.3 cm³/mol. The van der Waals surface area contributed by atoms with Crippen LogP contribution in [0, 0.1) is 0 Å². The summed E-state index contributed by atoms with van der Waals surface area (Å²) >= 11 is 0. The van der Waals surface area contributed by atoms with E-state index < -0.39 is 0 Å². The van der Waals surface area contributed by atoms with Crippen molar-refractivity contribution in [3.05, 3.63) is 48.0 Å². The minimum atomic E-state index is -0.218. The molecule has 2 aromatic rings. The summed E-state index contributed by atoms with van der Waals surface area (Å²) in [7, 11) is 0. The molecule has 24 heavy (non-hydrogen) atoms. The Hall–Kier alpha value is -3.03. The Labute approximate surface area is 139 Å². The third kappa shape index (κ3) is 3.83. The Morgan fingerprint density at radius 3 is 2.42 bits per heavy atom. The van der Waals surface area contributed by atoms with Crippen LogP contribution in [0.1, 0.15) is 15.9 Å². The van der Waals surface area contributed by atoms with Gasteiger partial charge in [0.15, 0.2) is 0 Å². The third-order valence-electron chi connectivity index (χ3n) is 3.85. The molecule has 8 heteroatoms. The van der Waals surface area contributed by atoms with Gasteiger partial charge < -0.3 is 15.1 Å². The number of carbonyl (C=O) groups excluding carboxylic acids is 2. The lowest BCUT2D eigenvalue weighted by atomic mass is 10.2. The maximum Gasteiger partial charge on any atom is 0.254 e. The summed E-state index contributed by atoms with van der Waals surface area (Å²) in [6.07, 6.45) is 7.27. The van der Waals surface area contributed by atoms with E-state index in [0.29, 0.717) is 44.2 Å². The summed E-state index contributed by atoms with van der Waals surface area (Å²) < 4.78 is 0. The van der Waals surface area contributed by atoms with Crippen LogP contribution in [0.3, 0.4) is 0 Å². The molecule has 8 nitrogen and oxygen atoms in total. The molecule has 3 rings (SSSR count). The number of nitrogens with zero attached hydrogens (tertiary/aromatic N) is 5. The highest BCUT2D eigenvalue weighted by molar-refractivity contribution is 5.93. The van der Waals surface area contributed by atoms with Crippen LogP contribution in [0.4, 0.5) is 5.95 Å². The molecule has 0 aliphatic carbocycles. The van der Waals surface area contributed by atoms with Crippen LogP contribution in [-0.4, -0.2) is 58.3 Å². The van der Waals surface area contributed by atoms with Crippen molar-refractivity contribution in [1.82, 2.24) is 25.2 Å². The van der Waals surface area contributed by atoms with Crippen LogP contribution >= 0.6 is 0 Å². The summed E-state index contributed by atoms with van der Waals surface area (Å²) in [5.74, 6) is 0.357. The van der Waals surface area contributed by atoms with Crippen LogP contribution in [0.15, 0.2) is 36.9 Å². The van der Waals surface area contributed by atoms with Crippen molar-refractivity contribution in [3.63, 3.8) is 0 Å². The molecule has 2 amide bonds. The average Bonchev–Trinajstić information content (AvgIpc) is 2.67. The van der Waals surface area contributed by atoms with E-state index in [4.69, 9.17) is 0 Å². The van der Waals surface area contributed by atoms with Crippen LogP contribution in [-0.2, 0) is 11.3 Å². The highest BCUT2D eigenvalue weighted by Gasteiger charge is 2.18. The second-order valence-electron chi connectivity index (χ2n) is 5.44. The van der Waals surface area contributed by atoms with E-state index in [0.717, 1.165) is 12.0 Å². The largest absolute Gasteiger partial charge is 0.348 e. The summed E-state index contributed by atoms with van der Waals surface area (Å²) in [6.45, 7) is 3.11. The zero-order valence-electron chi connectivity index (χ0n) is 13.1. The fraction of sp³-hybridized carbons (Fsp3) is 0.312. The first-order valence-electron chi connectivity index (χ1n) is 7.70. The van der Waals surface area contributed by atoms with Crippen LogP contribution < -0.4 is 10.2 Å². The molecule has 1 aliphatic rings. The number of aromatic nitrogens is 3. The van der Waals surface area contributed by atoms with Crippen LogP contribution in [0.25, 0.3) is 0 Å². The van der Waals surface area contributed by atoms with E-state index in [1.807, 2.05) is 17.0 Å². The van der Waals surface area contributed by atoms with Gasteiger partial charge in [0, 0.05) is 57.5 Å². The first kappa shape index (κ1) is 15.9. The zero-order chi connectivity index (χ0) is 16.8. The maximum absolute atomic E-state index is 12.1. The van der Waals surface area contributed by atoms with Crippen molar-refractivity contribution >= 4 is 18.3 Å². The van der Waals surface area contributed by atoms with E-state index in [1.54, 1.807) is 17.3 Å². The molecular weight excluding hydrogens is 308 g/mol. The first-order valence-corrected chi connectivity index (χ1v) is 7.70. The van der Waals surface area contributed by atoms with Crippen molar-refractivity contribution in [2.75, 3.05) is 31.1 Å². The Kier molecular flexibility index (Phi) is 4.95. The van der Waals surface area contributed by atoms with Gasteiger partial charge in [-0.2, -0.15) is 0 Å². The molecule has 1 saturated heterocycles. The SMILES string of the molecule is O=CN1CCN(c2ncc(C(=O)NCc3ccncc3)cn2)CC1. The van der Waals surface area contributed by atoms with Crippen molar-refractivity contribution in [2.24, 2.45) is 0 Å². The van der Waals surface area contributed by atoms with E-state index in [9.17, 15) is 9.59 Å². The quantitative estimate of drug-likeness (QED) is 0.783. The molecule has 0 atom stereocenters. The topological polar surface area (TPSA) is 91.3 Å². The van der Waals surface area contributed by atoms with Gasteiger partial charge in [-0.15, -0.1) is 0 Å². The molecule has 3 heterocycles. The molecule has 0 unspecified atom stereocenters. The standard InChI is InChI=1S/C16H18N6O2/c23-12-21-5-7-22(8-6-21)16-19-10-14(11-20-16)15(24)18-9-13-1-3-17-4-2-13/h1-4,10-12H,5-9H2,(H,18,24). The summed E-state index contributed by atoms with van der Waals surface area (Å²) in [5, 5.41) is 2.82. The number of amides is 2. The second kappa shape index (κ2) is 7.49. The fourth-order valence-corrected chi connectivity index (χ4v) is 2.41. The van der Waals surface area contributed by atoms with Gasteiger partial charge in [-0.25, -0.2) is 9.97 Å². The predicted octanol–water partition coefficient (Wildman–Crippen LogP) is 0.0800. The van der Waals surface area contributed by atoms with Gasteiger partial charge in [0.2, 0.25) is 12.4 Å². The van der Waals surface area contributed by atoms with Crippen molar-refractivity contribution < 1.29 is 9.59 Å². The number of carbonyl (C=O) groups is 2. The number of pyridine rings is 1. The van der Waals surface area contributed by atoms with Crippen LogP contribution in [0.5, 0.6) is 0 Å². The Morgan fingerprint density at radius 1 is 1.12 bits per heavy atom. The molecule has 0 spiro atoms. The Balaban J connectivity index is 1.56. The molecule has 1 N–H and O–H groups in total. The number of rotatable bonds is 5. The molecule has 0 aromatic carbocycles. The minimum absolute atomic E-state index is 0.218. The van der Waals surface area contributed by atoms with Gasteiger partial charge in [-0.3, -0.25) is 14.6 Å². The van der Waals surface area contributed by atoms with E-state index in [1.165, 1.54) is 12.4 Å². The maximum atomic E-state index is 12.1. The number of anilines is 1. The number of piperazine rings is 1. The average molecular weight is 326 g/mol. The van der Waals surface area contributed by atoms with Gasteiger partial charge in [0.1, 0.15) is 0 Å². The van der Waals surface area contributed by atoms with E-state index in [2.05, 4.69) is 20.3 Å². The number of nitrogens with one attached hydrogen (secondary N) is 1. The lowest BCUT2D eigenvalue weighted by molar-refractivity contribution is -0.118. The summed E-state index contributed by atoms with van der Waals surface area (Å²) in [5.41, 5.74) is 1.39. The highest BCUT2D eigenvalue weighted by Crippen LogP contribution is 2.10. The lowest BCUT2D eigenvalue weighted by Gasteiger charge is -2.32. The lowest BCUT2D eigenvalue weighted by Crippen LogP contribution is -2.46.